The average Bonchev–Trinajstić information content (AvgIpc) is 2.59. The Morgan fingerprint density at radius 1 is 1.36 bits per heavy atom. The lowest BCUT2D eigenvalue weighted by atomic mass is 10.2. The van der Waals surface area contributed by atoms with Crippen LogP contribution in [0.1, 0.15) is 18.5 Å². The summed E-state index contributed by atoms with van der Waals surface area (Å²) in [6.07, 6.45) is 0. The molecule has 0 spiro atoms. The Morgan fingerprint density at radius 2 is 2.07 bits per heavy atom. The highest BCUT2D eigenvalue weighted by atomic mass is 15.5. The predicted octanol–water partition coefficient (Wildman–Crippen LogP) is 1.82. The van der Waals surface area contributed by atoms with E-state index in [1.54, 1.807) is 6.92 Å². The van der Waals surface area contributed by atoms with Gasteiger partial charge in [0.25, 0.3) is 0 Å². The molecule has 0 N–H and O–H groups in total. The summed E-state index contributed by atoms with van der Waals surface area (Å²) in [5, 5.41) is 17.2. The number of nitrogens with zero attached hydrogens (tertiary/aromatic N) is 4. The van der Waals surface area contributed by atoms with E-state index >= 15 is 0 Å². The Balaban J connectivity index is 2.58. The topological polar surface area (TPSA) is 54.5 Å². The van der Waals surface area contributed by atoms with Gasteiger partial charge in [0.15, 0.2) is 6.04 Å². The van der Waals surface area contributed by atoms with Crippen LogP contribution >= 0.6 is 0 Å². The van der Waals surface area contributed by atoms with Crippen molar-refractivity contribution in [1.82, 2.24) is 15.0 Å². The van der Waals surface area contributed by atoms with Crippen molar-refractivity contribution in [2.24, 2.45) is 0 Å². The molecule has 2 aromatic rings. The number of rotatable bonds is 1. The van der Waals surface area contributed by atoms with Crippen molar-refractivity contribution in [3.05, 3.63) is 23.8 Å². The second-order valence-electron chi connectivity index (χ2n) is 3.32. The smallest absolute Gasteiger partial charge is 0.155 e. The summed E-state index contributed by atoms with van der Waals surface area (Å²) in [7, 11) is 0. The molecule has 4 nitrogen and oxygen atoms in total. The third-order valence-corrected chi connectivity index (χ3v) is 2.08. The van der Waals surface area contributed by atoms with Crippen LogP contribution < -0.4 is 0 Å². The predicted molar refractivity (Wildman–Crippen MR) is 52.6 cm³/mol. The van der Waals surface area contributed by atoms with Crippen LogP contribution in [0.3, 0.4) is 0 Å². The van der Waals surface area contributed by atoms with Crippen molar-refractivity contribution in [3.63, 3.8) is 0 Å². The quantitative estimate of drug-likeness (QED) is 0.682. The summed E-state index contributed by atoms with van der Waals surface area (Å²) in [5.41, 5.74) is 2.82. The lowest BCUT2D eigenvalue weighted by Gasteiger charge is -1.96. The van der Waals surface area contributed by atoms with Gasteiger partial charge in [0.05, 0.1) is 6.07 Å². The molecule has 1 aromatic heterocycles. The average molecular weight is 186 g/mol. The van der Waals surface area contributed by atoms with E-state index in [-0.39, 0.29) is 6.04 Å². The second-order valence-corrected chi connectivity index (χ2v) is 3.32. The lowest BCUT2D eigenvalue weighted by Crippen LogP contribution is -2.05. The minimum atomic E-state index is -0.317. The molecule has 1 heterocycles. The molecular formula is C10H10N4. The Hall–Kier alpha value is -1.89. The molecule has 14 heavy (non-hydrogen) atoms. The first-order valence-corrected chi connectivity index (χ1v) is 4.43. The molecular weight excluding hydrogens is 176 g/mol. The van der Waals surface area contributed by atoms with Gasteiger partial charge in [-0.15, -0.1) is 0 Å². The maximum atomic E-state index is 8.72. The first kappa shape index (κ1) is 8.70. The van der Waals surface area contributed by atoms with Gasteiger partial charge < -0.3 is 0 Å². The second kappa shape index (κ2) is 3.11. The lowest BCUT2D eigenvalue weighted by molar-refractivity contribution is 0.521. The summed E-state index contributed by atoms with van der Waals surface area (Å²) < 4.78 is 0. The molecule has 0 saturated carbocycles. The zero-order valence-electron chi connectivity index (χ0n) is 8.10. The van der Waals surface area contributed by atoms with Crippen LogP contribution in [0, 0.1) is 18.3 Å². The van der Waals surface area contributed by atoms with Gasteiger partial charge in [-0.25, -0.2) is 0 Å². The summed E-state index contributed by atoms with van der Waals surface area (Å²) in [6, 6.07) is 7.64. The van der Waals surface area contributed by atoms with Crippen molar-refractivity contribution in [2.45, 2.75) is 19.9 Å². The molecule has 0 aliphatic heterocycles. The number of hydrogen-bond donors (Lipinski definition) is 0. The van der Waals surface area contributed by atoms with Gasteiger partial charge in [-0.2, -0.15) is 20.3 Å². The number of nitriles is 1. The standard InChI is InChI=1S/C10H10N4/c1-7-3-4-9-10(5-7)13-14(12-9)8(2)6-11/h3-5,8H,1-2H3. The molecule has 1 aromatic carbocycles. The van der Waals surface area contributed by atoms with E-state index < -0.39 is 0 Å². The first-order valence-electron chi connectivity index (χ1n) is 4.43. The monoisotopic (exact) mass is 186 g/mol. The van der Waals surface area contributed by atoms with Crippen molar-refractivity contribution in [3.8, 4) is 6.07 Å². The maximum absolute atomic E-state index is 8.72. The molecule has 0 bridgehead atoms. The number of hydrogen-bond acceptors (Lipinski definition) is 3. The Kier molecular flexibility index (Phi) is 1.93. The zero-order valence-corrected chi connectivity index (χ0v) is 8.10. The Bertz CT molecular complexity index is 506. The van der Waals surface area contributed by atoms with Crippen molar-refractivity contribution in [2.75, 3.05) is 0 Å². The van der Waals surface area contributed by atoms with E-state index in [0.717, 1.165) is 16.6 Å². The van der Waals surface area contributed by atoms with Gasteiger partial charge in [0, 0.05) is 0 Å². The molecule has 0 aliphatic rings. The van der Waals surface area contributed by atoms with Gasteiger partial charge >= 0.3 is 0 Å². The molecule has 2 rings (SSSR count). The summed E-state index contributed by atoms with van der Waals surface area (Å²) in [4.78, 5) is 1.45. The Morgan fingerprint density at radius 3 is 2.79 bits per heavy atom. The molecule has 0 amide bonds. The van der Waals surface area contributed by atoms with Crippen molar-refractivity contribution >= 4 is 11.0 Å². The van der Waals surface area contributed by atoms with E-state index in [2.05, 4.69) is 16.3 Å². The van der Waals surface area contributed by atoms with Crippen LogP contribution in [-0.4, -0.2) is 15.0 Å². The highest BCUT2D eigenvalue weighted by molar-refractivity contribution is 5.74. The van der Waals surface area contributed by atoms with Crippen LogP contribution in [0.2, 0.25) is 0 Å². The van der Waals surface area contributed by atoms with E-state index in [4.69, 9.17) is 5.26 Å². The zero-order chi connectivity index (χ0) is 10.1. The van der Waals surface area contributed by atoms with Crippen molar-refractivity contribution < 1.29 is 0 Å². The van der Waals surface area contributed by atoms with E-state index in [0.29, 0.717) is 0 Å². The van der Waals surface area contributed by atoms with Crippen LogP contribution in [0.5, 0.6) is 0 Å². The number of aromatic nitrogens is 3. The van der Waals surface area contributed by atoms with Crippen molar-refractivity contribution in [1.29, 1.82) is 5.26 Å². The fourth-order valence-electron chi connectivity index (χ4n) is 1.27. The minimum Gasteiger partial charge on any atom is -0.196 e. The van der Waals surface area contributed by atoms with Crippen LogP contribution in [0.4, 0.5) is 0 Å². The van der Waals surface area contributed by atoms with Gasteiger partial charge in [0.2, 0.25) is 0 Å². The highest BCUT2D eigenvalue weighted by Crippen LogP contribution is 2.12. The first-order chi connectivity index (χ1) is 6.70. The van der Waals surface area contributed by atoms with E-state index in [1.807, 2.05) is 25.1 Å². The summed E-state index contributed by atoms with van der Waals surface area (Å²) >= 11 is 0. The summed E-state index contributed by atoms with van der Waals surface area (Å²) in [6.45, 7) is 3.78. The van der Waals surface area contributed by atoms with Gasteiger partial charge in [-0.1, -0.05) is 6.07 Å². The fraction of sp³-hybridized carbons (Fsp3) is 0.300. The number of aryl methyl sites for hydroxylation is 1. The van der Waals surface area contributed by atoms with Crippen LogP contribution in [-0.2, 0) is 0 Å². The van der Waals surface area contributed by atoms with Crippen LogP contribution in [0.25, 0.3) is 11.0 Å². The number of benzene rings is 1. The third-order valence-electron chi connectivity index (χ3n) is 2.08. The molecule has 0 fully saturated rings. The molecule has 0 saturated heterocycles. The van der Waals surface area contributed by atoms with Crippen LogP contribution in [0.15, 0.2) is 18.2 Å². The maximum Gasteiger partial charge on any atom is 0.155 e. The molecule has 1 unspecified atom stereocenters. The minimum absolute atomic E-state index is 0.317. The van der Waals surface area contributed by atoms with Gasteiger partial charge in [-0.05, 0) is 31.5 Å². The normalized spacial score (nSPS) is 12.6. The van der Waals surface area contributed by atoms with Gasteiger partial charge in [-0.3, -0.25) is 0 Å². The molecule has 0 radical (unpaired) electrons. The fourth-order valence-corrected chi connectivity index (χ4v) is 1.27. The molecule has 1 atom stereocenters. The van der Waals surface area contributed by atoms with E-state index in [1.165, 1.54) is 4.80 Å². The molecule has 4 heteroatoms. The number of fused-ring (bicyclic) bond motifs is 1. The summed E-state index contributed by atoms with van der Waals surface area (Å²) in [5.74, 6) is 0. The third kappa shape index (κ3) is 1.33. The Labute approximate surface area is 81.8 Å². The highest BCUT2D eigenvalue weighted by Gasteiger charge is 2.07. The van der Waals surface area contributed by atoms with E-state index in [9.17, 15) is 0 Å². The molecule has 70 valence electrons. The SMILES string of the molecule is Cc1ccc2nn(C(C)C#N)nc2c1. The van der Waals surface area contributed by atoms with Gasteiger partial charge in [0.1, 0.15) is 11.0 Å². The molecule has 0 aliphatic carbocycles. The largest absolute Gasteiger partial charge is 0.196 e.